The Balaban J connectivity index is 1.80. The van der Waals surface area contributed by atoms with E-state index in [1.54, 1.807) is 0 Å². The molecule has 0 saturated heterocycles. The molecule has 0 bridgehead atoms. The molecule has 1 aliphatic carbocycles. The zero-order valence-corrected chi connectivity index (χ0v) is 20.7. The molecular formula is C34H28O2. The zero-order valence-electron chi connectivity index (χ0n) is 20.7. The van der Waals surface area contributed by atoms with Crippen molar-refractivity contribution in [3.63, 3.8) is 0 Å². The van der Waals surface area contributed by atoms with Crippen LogP contribution in [-0.2, 0) is 16.6 Å². The molecule has 176 valence electrons. The van der Waals surface area contributed by atoms with Gasteiger partial charge >= 0.3 is 0 Å². The van der Waals surface area contributed by atoms with Gasteiger partial charge in [-0.25, -0.2) is 0 Å². The van der Waals surface area contributed by atoms with E-state index in [4.69, 9.17) is 0 Å². The van der Waals surface area contributed by atoms with Crippen molar-refractivity contribution in [2.24, 2.45) is 0 Å². The second-order valence-electron chi connectivity index (χ2n) is 10.2. The van der Waals surface area contributed by atoms with E-state index in [1.165, 1.54) is 0 Å². The molecule has 2 nitrogen and oxygen atoms in total. The Morgan fingerprint density at radius 1 is 0.528 bits per heavy atom. The molecule has 1 aliphatic rings. The monoisotopic (exact) mass is 468 g/mol. The molecule has 0 unspecified atom stereocenters. The van der Waals surface area contributed by atoms with Gasteiger partial charge in [0.25, 0.3) is 0 Å². The third kappa shape index (κ3) is 4.12. The van der Waals surface area contributed by atoms with Gasteiger partial charge in [-0.2, -0.15) is 0 Å². The van der Waals surface area contributed by atoms with Crippen LogP contribution in [0.2, 0.25) is 0 Å². The molecule has 0 aliphatic heterocycles. The van der Waals surface area contributed by atoms with E-state index in [1.807, 2.05) is 103 Å². The van der Waals surface area contributed by atoms with E-state index in [0.29, 0.717) is 22.3 Å². The predicted molar refractivity (Wildman–Crippen MR) is 144 cm³/mol. The molecule has 4 aromatic rings. The fourth-order valence-corrected chi connectivity index (χ4v) is 4.67. The Labute approximate surface area is 213 Å². The average Bonchev–Trinajstić information content (AvgIpc) is 2.90. The summed E-state index contributed by atoms with van der Waals surface area (Å²) in [5.41, 5.74) is 1.44. The lowest BCUT2D eigenvalue weighted by Crippen LogP contribution is -2.42. The van der Waals surface area contributed by atoms with Crippen molar-refractivity contribution in [2.75, 3.05) is 0 Å². The molecule has 36 heavy (non-hydrogen) atoms. The quantitative estimate of drug-likeness (QED) is 0.317. The second-order valence-corrected chi connectivity index (χ2v) is 10.2. The van der Waals surface area contributed by atoms with Crippen LogP contribution in [-0.4, -0.2) is 10.2 Å². The molecule has 0 fully saturated rings. The maximum Gasteiger partial charge on any atom is 0.178 e. The van der Waals surface area contributed by atoms with Crippen molar-refractivity contribution in [3.05, 3.63) is 142 Å². The van der Waals surface area contributed by atoms with E-state index in [9.17, 15) is 10.2 Å². The number of hydrogen-bond acceptors (Lipinski definition) is 2. The molecule has 5 rings (SSSR count). The first-order valence-corrected chi connectivity index (χ1v) is 12.1. The van der Waals surface area contributed by atoms with Gasteiger partial charge in [0.05, 0.1) is 0 Å². The number of hydrogen-bond donors (Lipinski definition) is 2. The van der Waals surface area contributed by atoms with Gasteiger partial charge in [0.1, 0.15) is 0 Å². The van der Waals surface area contributed by atoms with Gasteiger partial charge in [0.15, 0.2) is 11.2 Å². The number of benzene rings is 4. The molecule has 0 heterocycles. The third-order valence-corrected chi connectivity index (χ3v) is 6.69. The fraction of sp³-hybridized carbons (Fsp3) is 0.176. The first-order valence-electron chi connectivity index (χ1n) is 12.1. The highest BCUT2D eigenvalue weighted by Gasteiger charge is 2.48. The van der Waals surface area contributed by atoms with Crippen molar-refractivity contribution in [3.8, 4) is 23.7 Å². The van der Waals surface area contributed by atoms with Crippen LogP contribution >= 0.6 is 0 Å². The predicted octanol–water partition coefficient (Wildman–Crippen LogP) is 5.87. The molecule has 0 amide bonds. The molecule has 0 radical (unpaired) electrons. The molecule has 0 aromatic heterocycles. The van der Waals surface area contributed by atoms with Crippen LogP contribution in [0.3, 0.4) is 0 Å². The topological polar surface area (TPSA) is 40.5 Å². The summed E-state index contributed by atoms with van der Waals surface area (Å²) in [7, 11) is 0. The summed E-state index contributed by atoms with van der Waals surface area (Å²) in [5, 5.41) is 24.5. The van der Waals surface area contributed by atoms with Gasteiger partial charge in [0.2, 0.25) is 0 Å². The van der Waals surface area contributed by atoms with Gasteiger partial charge in [-0.15, -0.1) is 0 Å². The molecular weight excluding hydrogens is 440 g/mol. The minimum atomic E-state index is -1.62. The lowest BCUT2D eigenvalue weighted by atomic mass is 9.66. The lowest BCUT2D eigenvalue weighted by Gasteiger charge is -2.40. The highest BCUT2D eigenvalue weighted by atomic mass is 16.3. The molecule has 0 spiro atoms. The summed E-state index contributed by atoms with van der Waals surface area (Å²) in [5.74, 6) is 12.6. The summed E-state index contributed by atoms with van der Waals surface area (Å²) in [4.78, 5) is 0. The van der Waals surface area contributed by atoms with Crippen molar-refractivity contribution >= 4 is 0 Å². The van der Waals surface area contributed by atoms with Crippen molar-refractivity contribution < 1.29 is 10.2 Å². The van der Waals surface area contributed by atoms with E-state index in [-0.39, 0.29) is 5.41 Å². The van der Waals surface area contributed by atoms with Gasteiger partial charge < -0.3 is 10.2 Å². The number of aliphatic hydroxyl groups is 2. The third-order valence-electron chi connectivity index (χ3n) is 6.69. The lowest BCUT2D eigenvalue weighted by molar-refractivity contribution is 0.0942. The smallest absolute Gasteiger partial charge is 0.178 e. The van der Waals surface area contributed by atoms with Crippen LogP contribution < -0.4 is 0 Å². The van der Waals surface area contributed by atoms with Crippen LogP contribution in [0.4, 0.5) is 0 Å². The van der Waals surface area contributed by atoms with Crippen molar-refractivity contribution in [1.29, 1.82) is 0 Å². The minimum absolute atomic E-state index is 0.159. The normalized spacial score (nSPS) is 20.1. The molecule has 2 atom stereocenters. The summed E-state index contributed by atoms with van der Waals surface area (Å²) < 4.78 is 0. The van der Waals surface area contributed by atoms with E-state index in [2.05, 4.69) is 44.5 Å². The maximum atomic E-state index is 12.3. The molecule has 4 aromatic carbocycles. The number of rotatable bonds is 0. The van der Waals surface area contributed by atoms with Crippen molar-refractivity contribution in [1.82, 2.24) is 0 Å². The summed E-state index contributed by atoms with van der Waals surface area (Å²) in [6, 6.07) is 32.5. The summed E-state index contributed by atoms with van der Waals surface area (Å²) in [6.45, 7) is 6.38. The average molecular weight is 469 g/mol. The second kappa shape index (κ2) is 8.85. The number of fused-ring (bicyclic) bond motifs is 2. The van der Waals surface area contributed by atoms with Gasteiger partial charge in [-0.05, 0) is 35.2 Å². The minimum Gasteiger partial charge on any atom is -0.369 e. The Kier molecular flexibility index (Phi) is 5.82. The Morgan fingerprint density at radius 2 is 0.944 bits per heavy atom. The fourth-order valence-electron chi connectivity index (χ4n) is 4.67. The van der Waals surface area contributed by atoms with Crippen LogP contribution in [0.25, 0.3) is 0 Å². The summed E-state index contributed by atoms with van der Waals surface area (Å²) in [6.07, 6.45) is 0. The molecule has 2 N–H and O–H groups in total. The maximum absolute atomic E-state index is 12.3. The summed E-state index contributed by atoms with van der Waals surface area (Å²) >= 11 is 0. The highest BCUT2D eigenvalue weighted by molar-refractivity contribution is 5.65. The molecule has 0 saturated carbocycles. The highest BCUT2D eigenvalue weighted by Crippen LogP contribution is 2.48. The van der Waals surface area contributed by atoms with E-state index >= 15 is 0 Å². The Hall–Kier alpha value is -4.08. The van der Waals surface area contributed by atoms with Crippen molar-refractivity contribution in [2.45, 2.75) is 37.4 Å². The largest absolute Gasteiger partial charge is 0.369 e. The Morgan fingerprint density at radius 3 is 1.42 bits per heavy atom. The van der Waals surface area contributed by atoms with Gasteiger partial charge in [0, 0.05) is 33.4 Å². The SMILES string of the molecule is CC(C)(C)c1ccc2c(c1)[C@@](O)(C#Cc1ccccc1)c1ccccc1[C@]2(O)C#Cc1ccccc1. The Bertz CT molecular complexity index is 1540. The van der Waals surface area contributed by atoms with Gasteiger partial charge in [-0.1, -0.05) is 123 Å². The standard InChI is InChI=1S/C34H28O2/c1-32(2,3)27-18-19-30-31(24-27)34(36,23-21-26-14-8-5-9-15-26)29-17-11-10-16-28(29)33(30,35)22-20-25-12-6-4-7-13-25/h4-19,24,35-36H,1-3H3/t33-,34-/m1/s1. The van der Waals surface area contributed by atoms with Gasteiger partial charge in [-0.3, -0.25) is 0 Å². The zero-order chi connectivity index (χ0) is 25.4. The van der Waals surface area contributed by atoms with Crippen LogP contribution in [0.15, 0.2) is 103 Å². The van der Waals surface area contributed by atoms with Crippen LogP contribution in [0.5, 0.6) is 0 Å². The first-order chi connectivity index (χ1) is 17.2. The van der Waals surface area contributed by atoms with Crippen LogP contribution in [0.1, 0.15) is 59.7 Å². The van der Waals surface area contributed by atoms with E-state index < -0.39 is 11.2 Å². The molecule has 2 heteroatoms. The first kappa shape index (κ1) is 23.7. The van der Waals surface area contributed by atoms with Crippen LogP contribution in [0, 0.1) is 23.7 Å². The van der Waals surface area contributed by atoms with E-state index in [0.717, 1.165) is 16.7 Å².